The number of carbonyl (C=O) groups is 2. The van der Waals surface area contributed by atoms with Gasteiger partial charge in [-0.15, -0.1) is 0 Å². The third-order valence-corrected chi connectivity index (χ3v) is 5.01. The van der Waals surface area contributed by atoms with Crippen molar-refractivity contribution in [3.63, 3.8) is 0 Å². The second-order valence-electron chi connectivity index (χ2n) is 7.50. The Kier molecular flexibility index (Phi) is 5.65. The number of hydroxylamine groups is 1. The maximum atomic E-state index is 13.0. The van der Waals surface area contributed by atoms with Gasteiger partial charge in [-0.05, 0) is 38.2 Å². The number of hydrogen-bond acceptors (Lipinski definition) is 3. The van der Waals surface area contributed by atoms with Crippen LogP contribution in [0.1, 0.15) is 44.7 Å². The number of aryl methyl sites for hydroxylation is 1. The smallest absolute Gasteiger partial charge is 0.248 e. The summed E-state index contributed by atoms with van der Waals surface area (Å²) in [5.41, 5.74) is 3.39. The maximum absolute atomic E-state index is 13.0. The summed E-state index contributed by atoms with van der Waals surface area (Å²) in [7, 11) is 0. The number of likely N-dealkylation sites (tertiary alicyclic amines) is 1. The van der Waals surface area contributed by atoms with E-state index >= 15 is 0 Å². The summed E-state index contributed by atoms with van der Waals surface area (Å²) in [4.78, 5) is 26.7. The lowest BCUT2D eigenvalue weighted by molar-refractivity contribution is -0.137. The molecule has 1 fully saturated rings. The zero-order chi connectivity index (χ0) is 17.9. The average Bonchev–Trinajstić information content (AvgIpc) is 2.83. The molecule has 0 bridgehead atoms. The molecular formula is C19H28N2O3. The number of amides is 2. The number of nitrogens with one attached hydrogen (secondary N) is 1. The lowest BCUT2D eigenvalue weighted by Gasteiger charge is -2.27. The van der Waals surface area contributed by atoms with Gasteiger partial charge in [0.05, 0.1) is 11.3 Å². The van der Waals surface area contributed by atoms with E-state index in [1.165, 1.54) is 5.56 Å². The number of carbonyl (C=O) groups excluding carboxylic acids is 2. The highest BCUT2D eigenvalue weighted by molar-refractivity contribution is 5.90. The zero-order valence-electron chi connectivity index (χ0n) is 15.0. The van der Waals surface area contributed by atoms with E-state index in [1.807, 2.05) is 52.0 Å². The molecular weight excluding hydrogens is 304 g/mol. The van der Waals surface area contributed by atoms with Crippen molar-refractivity contribution in [3.05, 3.63) is 35.4 Å². The van der Waals surface area contributed by atoms with Crippen LogP contribution in [-0.2, 0) is 15.0 Å². The monoisotopic (exact) mass is 332 g/mol. The van der Waals surface area contributed by atoms with E-state index in [4.69, 9.17) is 5.21 Å². The molecule has 1 unspecified atom stereocenters. The van der Waals surface area contributed by atoms with E-state index in [2.05, 4.69) is 0 Å². The molecule has 132 valence electrons. The zero-order valence-corrected chi connectivity index (χ0v) is 15.0. The average molecular weight is 332 g/mol. The van der Waals surface area contributed by atoms with Crippen LogP contribution in [0.4, 0.5) is 0 Å². The van der Waals surface area contributed by atoms with Gasteiger partial charge in [0.15, 0.2) is 0 Å². The predicted octanol–water partition coefficient (Wildman–Crippen LogP) is 2.65. The summed E-state index contributed by atoms with van der Waals surface area (Å²) in [6, 6.07) is 8.08. The molecule has 2 atom stereocenters. The van der Waals surface area contributed by atoms with E-state index in [0.717, 1.165) is 12.0 Å². The van der Waals surface area contributed by atoms with Gasteiger partial charge >= 0.3 is 0 Å². The molecule has 5 nitrogen and oxygen atoms in total. The van der Waals surface area contributed by atoms with Gasteiger partial charge in [-0.2, -0.15) is 0 Å². The highest BCUT2D eigenvalue weighted by Crippen LogP contribution is 2.36. The van der Waals surface area contributed by atoms with Gasteiger partial charge < -0.3 is 4.90 Å². The van der Waals surface area contributed by atoms with Gasteiger partial charge in [-0.25, -0.2) is 5.48 Å². The van der Waals surface area contributed by atoms with Crippen LogP contribution in [-0.4, -0.2) is 35.0 Å². The quantitative estimate of drug-likeness (QED) is 0.621. The van der Waals surface area contributed by atoms with E-state index < -0.39 is 11.3 Å². The molecule has 1 aromatic rings. The molecule has 1 aliphatic rings. The Morgan fingerprint density at radius 3 is 2.50 bits per heavy atom. The molecule has 1 aromatic carbocycles. The van der Waals surface area contributed by atoms with Gasteiger partial charge in [-0.1, -0.05) is 43.7 Å². The van der Waals surface area contributed by atoms with Crippen molar-refractivity contribution in [3.8, 4) is 0 Å². The van der Waals surface area contributed by atoms with Crippen molar-refractivity contribution in [2.24, 2.45) is 11.8 Å². The molecule has 1 saturated heterocycles. The van der Waals surface area contributed by atoms with Crippen LogP contribution in [0.2, 0.25) is 0 Å². The topological polar surface area (TPSA) is 69.6 Å². The summed E-state index contributed by atoms with van der Waals surface area (Å²) in [5, 5.41) is 8.96. The van der Waals surface area contributed by atoms with Crippen LogP contribution in [0.3, 0.4) is 0 Å². The molecule has 1 aliphatic heterocycles. The second kappa shape index (κ2) is 7.34. The van der Waals surface area contributed by atoms with Gasteiger partial charge in [-0.3, -0.25) is 14.8 Å². The first-order valence-corrected chi connectivity index (χ1v) is 8.58. The summed E-state index contributed by atoms with van der Waals surface area (Å²) in [6.45, 7) is 9.05. The molecule has 0 aliphatic carbocycles. The Balaban J connectivity index is 2.14. The Morgan fingerprint density at radius 1 is 1.33 bits per heavy atom. The van der Waals surface area contributed by atoms with Crippen molar-refractivity contribution in [2.75, 3.05) is 13.1 Å². The van der Waals surface area contributed by atoms with Crippen LogP contribution in [0, 0.1) is 18.8 Å². The Hall–Kier alpha value is -1.88. The van der Waals surface area contributed by atoms with E-state index in [-0.39, 0.29) is 11.8 Å². The molecule has 0 saturated carbocycles. The van der Waals surface area contributed by atoms with Crippen LogP contribution in [0.15, 0.2) is 24.3 Å². The van der Waals surface area contributed by atoms with Crippen molar-refractivity contribution < 1.29 is 14.8 Å². The van der Waals surface area contributed by atoms with Crippen molar-refractivity contribution in [2.45, 2.75) is 46.0 Å². The minimum atomic E-state index is -0.536. The Bertz CT molecular complexity index is 597. The maximum Gasteiger partial charge on any atom is 0.248 e. The summed E-state index contributed by atoms with van der Waals surface area (Å²) in [5.74, 6) is -0.431. The van der Waals surface area contributed by atoms with E-state index in [9.17, 15) is 9.59 Å². The predicted molar refractivity (Wildman–Crippen MR) is 92.6 cm³/mol. The fourth-order valence-corrected chi connectivity index (χ4v) is 3.47. The van der Waals surface area contributed by atoms with Crippen molar-refractivity contribution in [1.29, 1.82) is 0 Å². The molecule has 2 N–H and O–H groups in total. The normalized spacial score (nSPS) is 22.1. The minimum absolute atomic E-state index is 0.0610. The molecule has 5 heteroatoms. The second-order valence-corrected chi connectivity index (χ2v) is 7.50. The Morgan fingerprint density at radius 2 is 1.96 bits per heavy atom. The van der Waals surface area contributed by atoms with Gasteiger partial charge in [0.1, 0.15) is 0 Å². The van der Waals surface area contributed by atoms with Gasteiger partial charge in [0.25, 0.3) is 0 Å². The fraction of sp³-hybridized carbons (Fsp3) is 0.579. The molecule has 2 rings (SSSR count). The number of hydrogen-bond donors (Lipinski definition) is 2. The molecule has 0 radical (unpaired) electrons. The summed E-state index contributed by atoms with van der Waals surface area (Å²) < 4.78 is 0. The van der Waals surface area contributed by atoms with Crippen LogP contribution >= 0.6 is 0 Å². The highest BCUT2D eigenvalue weighted by atomic mass is 16.5. The third kappa shape index (κ3) is 3.78. The summed E-state index contributed by atoms with van der Waals surface area (Å²) in [6.07, 6.45) is 1.38. The SMILES string of the molecule is Cc1ccc(C2(C)CCN(C[C@H](CC(C)C)C(=O)NO)C2=O)cc1. The van der Waals surface area contributed by atoms with E-state index in [1.54, 1.807) is 10.4 Å². The van der Waals surface area contributed by atoms with Crippen LogP contribution in [0.25, 0.3) is 0 Å². The lowest BCUT2D eigenvalue weighted by atomic mass is 9.81. The lowest BCUT2D eigenvalue weighted by Crippen LogP contribution is -2.42. The van der Waals surface area contributed by atoms with Crippen LogP contribution < -0.4 is 5.48 Å². The highest BCUT2D eigenvalue weighted by Gasteiger charge is 2.44. The first-order chi connectivity index (χ1) is 11.3. The number of nitrogens with zero attached hydrogens (tertiary/aromatic N) is 1. The van der Waals surface area contributed by atoms with Gasteiger partial charge in [0, 0.05) is 13.1 Å². The first-order valence-electron chi connectivity index (χ1n) is 8.58. The molecule has 0 aromatic heterocycles. The first kappa shape index (κ1) is 18.5. The molecule has 1 heterocycles. The van der Waals surface area contributed by atoms with Crippen LogP contribution in [0.5, 0.6) is 0 Å². The minimum Gasteiger partial charge on any atom is -0.341 e. The molecule has 0 spiro atoms. The van der Waals surface area contributed by atoms with Gasteiger partial charge in [0.2, 0.25) is 11.8 Å². The largest absolute Gasteiger partial charge is 0.341 e. The Labute approximate surface area is 144 Å². The number of benzene rings is 1. The third-order valence-electron chi connectivity index (χ3n) is 5.01. The van der Waals surface area contributed by atoms with Crippen molar-refractivity contribution in [1.82, 2.24) is 10.4 Å². The van der Waals surface area contributed by atoms with E-state index in [0.29, 0.717) is 25.4 Å². The molecule has 2 amide bonds. The number of rotatable bonds is 6. The van der Waals surface area contributed by atoms with Crippen molar-refractivity contribution >= 4 is 11.8 Å². The standard InChI is InChI=1S/C19H28N2O3/c1-13(2)11-15(17(22)20-24)12-21-10-9-19(4,18(21)23)16-7-5-14(3)6-8-16/h5-8,13,15,24H,9-12H2,1-4H3,(H,20,22)/t15-,19?/m0/s1. The molecule has 24 heavy (non-hydrogen) atoms. The fourth-order valence-electron chi connectivity index (χ4n) is 3.47. The summed E-state index contributed by atoms with van der Waals surface area (Å²) >= 11 is 0.